The van der Waals surface area contributed by atoms with E-state index in [1.807, 2.05) is 71.3 Å². The first-order chi connectivity index (χ1) is 14.0. The van der Waals surface area contributed by atoms with Crippen molar-refractivity contribution in [3.05, 3.63) is 60.8 Å². The Labute approximate surface area is 170 Å². The van der Waals surface area contributed by atoms with Gasteiger partial charge < -0.3 is 14.5 Å². The Morgan fingerprint density at radius 1 is 1.10 bits per heavy atom. The van der Waals surface area contributed by atoms with Crippen LogP contribution in [0.15, 0.2) is 65.8 Å². The predicted molar refractivity (Wildman–Crippen MR) is 114 cm³/mol. The van der Waals surface area contributed by atoms with Gasteiger partial charge in [0.2, 0.25) is 0 Å². The van der Waals surface area contributed by atoms with Crippen molar-refractivity contribution < 1.29 is 17.7 Å². The van der Waals surface area contributed by atoms with Gasteiger partial charge in [0.1, 0.15) is 11.1 Å². The number of benzene rings is 2. The molecular formula is C21H23N3O4S. The van der Waals surface area contributed by atoms with Gasteiger partial charge in [-0.3, -0.25) is 4.55 Å². The number of hydrogen-bond acceptors (Lipinski definition) is 6. The lowest BCUT2D eigenvalue weighted by molar-refractivity contribution is 0.444. The SMILES string of the molecule is CCN1CC=CN=C1C(CCN1c2ccccc2Oc2ccccc21)S(=O)(=O)O. The Hall–Kier alpha value is -2.84. The van der Waals surface area contributed by atoms with E-state index in [-0.39, 0.29) is 6.42 Å². The molecule has 8 heteroatoms. The molecule has 0 saturated carbocycles. The molecule has 1 atom stereocenters. The maximum Gasteiger partial charge on any atom is 0.275 e. The number of hydrogen-bond donors (Lipinski definition) is 1. The molecule has 152 valence electrons. The van der Waals surface area contributed by atoms with Gasteiger partial charge in [-0.2, -0.15) is 8.42 Å². The second-order valence-corrected chi connectivity index (χ2v) is 8.49. The monoisotopic (exact) mass is 413 g/mol. The van der Waals surface area contributed by atoms with Gasteiger partial charge in [-0.25, -0.2) is 4.99 Å². The molecular weight excluding hydrogens is 390 g/mol. The Bertz CT molecular complexity index is 1020. The maximum absolute atomic E-state index is 12.2. The maximum atomic E-state index is 12.2. The third-order valence-electron chi connectivity index (χ3n) is 5.14. The van der Waals surface area contributed by atoms with Crippen LogP contribution in [-0.2, 0) is 10.1 Å². The standard InChI is InChI=1S/C21H23N3O4S/c1-2-23-14-7-13-22-21(23)20(29(25,26)27)12-15-24-16-8-3-5-10-18(16)28-19-11-6-4-9-17(19)24/h3-11,13,20H,2,12,14-15H2,1H3,(H,25,26,27). The van der Waals surface area contributed by atoms with Crippen LogP contribution < -0.4 is 9.64 Å². The van der Waals surface area contributed by atoms with Gasteiger partial charge in [-0.05, 0) is 43.7 Å². The van der Waals surface area contributed by atoms with Crippen LogP contribution in [0.4, 0.5) is 11.4 Å². The average Bonchev–Trinajstić information content (AvgIpc) is 2.72. The number of fused-ring (bicyclic) bond motifs is 2. The zero-order valence-corrected chi connectivity index (χ0v) is 16.9. The van der Waals surface area contributed by atoms with Crippen LogP contribution in [0, 0.1) is 0 Å². The van der Waals surface area contributed by atoms with Gasteiger partial charge in [0.25, 0.3) is 10.1 Å². The quantitative estimate of drug-likeness (QED) is 0.725. The molecule has 7 nitrogen and oxygen atoms in total. The van der Waals surface area contributed by atoms with Crippen molar-refractivity contribution in [2.75, 3.05) is 24.5 Å². The molecule has 0 saturated heterocycles. The summed E-state index contributed by atoms with van der Waals surface area (Å²) in [4.78, 5) is 8.17. The molecule has 2 aliphatic heterocycles. The van der Waals surface area contributed by atoms with Crippen LogP contribution >= 0.6 is 0 Å². The first kappa shape index (κ1) is 19.5. The fraction of sp³-hybridized carbons (Fsp3) is 0.286. The molecule has 0 bridgehead atoms. The lowest BCUT2D eigenvalue weighted by Gasteiger charge is -2.34. The largest absolute Gasteiger partial charge is 0.453 e. The molecule has 4 rings (SSSR count). The second kappa shape index (κ2) is 7.88. The van der Waals surface area contributed by atoms with E-state index >= 15 is 0 Å². The zero-order chi connectivity index (χ0) is 20.4. The van der Waals surface area contributed by atoms with E-state index in [9.17, 15) is 13.0 Å². The van der Waals surface area contributed by atoms with Gasteiger partial charge >= 0.3 is 0 Å². The Kier molecular flexibility index (Phi) is 5.29. The molecule has 0 radical (unpaired) electrons. The van der Waals surface area contributed by atoms with E-state index in [0.29, 0.717) is 37.0 Å². The lowest BCUT2D eigenvalue weighted by atomic mass is 10.1. The van der Waals surface area contributed by atoms with Gasteiger partial charge in [-0.15, -0.1) is 0 Å². The lowest BCUT2D eigenvalue weighted by Crippen LogP contribution is -2.45. The van der Waals surface area contributed by atoms with Crippen molar-refractivity contribution >= 4 is 27.3 Å². The van der Waals surface area contributed by atoms with Crippen molar-refractivity contribution in [1.29, 1.82) is 0 Å². The number of aliphatic imine (C=N–C) groups is 1. The number of anilines is 2. The van der Waals surface area contributed by atoms with E-state index in [4.69, 9.17) is 4.74 Å². The summed E-state index contributed by atoms with van der Waals surface area (Å²) >= 11 is 0. The molecule has 1 unspecified atom stereocenters. The van der Waals surface area contributed by atoms with Crippen molar-refractivity contribution in [1.82, 2.24) is 4.90 Å². The van der Waals surface area contributed by atoms with E-state index in [1.165, 1.54) is 0 Å². The smallest absolute Gasteiger partial charge is 0.275 e. The summed E-state index contributed by atoms with van der Waals surface area (Å²) in [5, 5.41) is -1.10. The fourth-order valence-corrected chi connectivity index (χ4v) is 4.62. The summed E-state index contributed by atoms with van der Waals surface area (Å²) in [6.45, 7) is 3.50. The van der Waals surface area contributed by atoms with Crippen LogP contribution in [0.2, 0.25) is 0 Å². The first-order valence-corrected chi connectivity index (χ1v) is 11.1. The van der Waals surface area contributed by atoms with Gasteiger partial charge in [-0.1, -0.05) is 24.3 Å². The molecule has 2 aliphatic rings. The normalized spacial score (nSPS) is 16.6. The van der Waals surface area contributed by atoms with Gasteiger partial charge in [0.05, 0.1) is 11.4 Å². The van der Waals surface area contributed by atoms with Crippen LogP contribution in [0.25, 0.3) is 0 Å². The summed E-state index contributed by atoms with van der Waals surface area (Å²) in [6, 6.07) is 15.3. The minimum Gasteiger partial charge on any atom is -0.453 e. The highest BCUT2D eigenvalue weighted by atomic mass is 32.2. The molecule has 0 aromatic heterocycles. The van der Waals surface area contributed by atoms with Crippen LogP contribution in [0.1, 0.15) is 13.3 Å². The number of ether oxygens (including phenoxy) is 1. The molecule has 0 amide bonds. The molecule has 2 aromatic rings. The minimum atomic E-state index is -4.33. The highest BCUT2D eigenvalue weighted by Crippen LogP contribution is 2.46. The van der Waals surface area contributed by atoms with Gasteiger partial charge in [0.15, 0.2) is 11.5 Å². The predicted octanol–water partition coefficient (Wildman–Crippen LogP) is 3.82. The topological polar surface area (TPSA) is 82.4 Å². The molecule has 2 aromatic carbocycles. The third-order valence-corrected chi connectivity index (χ3v) is 6.30. The number of nitrogens with zero attached hydrogens (tertiary/aromatic N) is 3. The molecule has 1 N–H and O–H groups in total. The third kappa shape index (κ3) is 3.86. The van der Waals surface area contributed by atoms with Crippen LogP contribution in [0.5, 0.6) is 11.5 Å². The van der Waals surface area contributed by atoms with Crippen LogP contribution in [-0.4, -0.2) is 48.6 Å². The molecule has 0 spiro atoms. The average molecular weight is 413 g/mol. The summed E-state index contributed by atoms with van der Waals surface area (Å²) < 4.78 is 40.4. The zero-order valence-electron chi connectivity index (χ0n) is 16.1. The molecule has 2 heterocycles. The summed E-state index contributed by atoms with van der Waals surface area (Å²) in [5.74, 6) is 1.80. The summed E-state index contributed by atoms with van der Waals surface area (Å²) in [6.07, 6.45) is 3.65. The van der Waals surface area contributed by atoms with Crippen molar-refractivity contribution in [3.8, 4) is 11.5 Å². The summed E-state index contributed by atoms with van der Waals surface area (Å²) in [7, 11) is -4.33. The van der Waals surface area contributed by atoms with Crippen molar-refractivity contribution in [2.24, 2.45) is 4.99 Å². The van der Waals surface area contributed by atoms with Crippen molar-refractivity contribution in [3.63, 3.8) is 0 Å². The minimum absolute atomic E-state index is 0.185. The first-order valence-electron chi connectivity index (χ1n) is 9.56. The fourth-order valence-electron chi connectivity index (χ4n) is 3.74. The van der Waals surface area contributed by atoms with E-state index < -0.39 is 15.4 Å². The Morgan fingerprint density at radius 2 is 1.72 bits per heavy atom. The van der Waals surface area contributed by atoms with E-state index in [0.717, 1.165) is 11.4 Å². The van der Waals surface area contributed by atoms with Crippen LogP contribution in [0.3, 0.4) is 0 Å². The van der Waals surface area contributed by atoms with Gasteiger partial charge in [0, 0.05) is 25.8 Å². The number of para-hydroxylation sites is 4. The van der Waals surface area contributed by atoms with E-state index in [1.54, 1.807) is 6.20 Å². The molecule has 29 heavy (non-hydrogen) atoms. The Morgan fingerprint density at radius 3 is 2.31 bits per heavy atom. The van der Waals surface area contributed by atoms with Crippen molar-refractivity contribution in [2.45, 2.75) is 18.6 Å². The number of rotatable bonds is 6. The number of likely N-dealkylation sites (N-methyl/N-ethyl adjacent to an activating group) is 1. The Balaban J connectivity index is 1.67. The highest BCUT2D eigenvalue weighted by molar-refractivity contribution is 7.87. The molecule has 0 fully saturated rings. The molecule has 0 aliphatic carbocycles. The summed E-state index contributed by atoms with van der Waals surface area (Å²) in [5.41, 5.74) is 1.72. The number of amidine groups is 1. The highest BCUT2D eigenvalue weighted by Gasteiger charge is 2.34. The van der Waals surface area contributed by atoms with E-state index in [2.05, 4.69) is 4.99 Å². The second-order valence-electron chi connectivity index (χ2n) is 6.89.